The number of sulfone groups is 1. The lowest BCUT2D eigenvalue weighted by Gasteiger charge is -2.10. The Morgan fingerprint density at radius 1 is 1.11 bits per heavy atom. The van der Waals surface area contributed by atoms with Crippen LogP contribution < -0.4 is 10.1 Å². The lowest BCUT2D eigenvalue weighted by atomic mass is 10.1. The molecule has 1 aliphatic heterocycles. The molecule has 0 fully saturated rings. The van der Waals surface area contributed by atoms with Crippen molar-refractivity contribution < 1.29 is 31.5 Å². The number of halogens is 2. The van der Waals surface area contributed by atoms with Crippen LogP contribution in [0, 0.1) is 0 Å². The van der Waals surface area contributed by atoms with Crippen LogP contribution in [0.2, 0.25) is 0 Å². The monoisotopic (exact) mass is 525 g/mol. The first-order chi connectivity index (χ1) is 17.8. The molecule has 0 aliphatic carbocycles. The van der Waals surface area contributed by atoms with Gasteiger partial charge in [0.1, 0.15) is 5.75 Å². The molecule has 2 aromatic heterocycles. The summed E-state index contributed by atoms with van der Waals surface area (Å²) in [5.74, 6) is -0.543. The van der Waals surface area contributed by atoms with Crippen LogP contribution >= 0.6 is 0 Å². The SMILES string of the molecule is O=C(NCc1cc2nc(-c3cccc(OC(F)F)c3)ccc2cn1)c1ccc2c(c1)S(=O)(=O)CCOC2. The molecular formula is C26H21F2N3O5S. The predicted molar refractivity (Wildman–Crippen MR) is 131 cm³/mol. The zero-order valence-corrected chi connectivity index (χ0v) is 20.2. The average Bonchev–Trinajstić information content (AvgIpc) is 3.04. The van der Waals surface area contributed by atoms with E-state index in [4.69, 9.17) is 4.74 Å². The number of alkyl halides is 2. The summed E-state index contributed by atoms with van der Waals surface area (Å²) in [4.78, 5) is 21.8. The summed E-state index contributed by atoms with van der Waals surface area (Å²) in [6.07, 6.45) is 1.62. The highest BCUT2D eigenvalue weighted by atomic mass is 32.2. The first-order valence-corrected chi connectivity index (χ1v) is 13.0. The molecule has 0 saturated heterocycles. The first kappa shape index (κ1) is 24.7. The minimum absolute atomic E-state index is 0.0330. The van der Waals surface area contributed by atoms with E-state index >= 15 is 0 Å². The topological polar surface area (TPSA) is 107 Å². The molecule has 5 rings (SSSR count). The zero-order valence-electron chi connectivity index (χ0n) is 19.4. The molecule has 190 valence electrons. The highest BCUT2D eigenvalue weighted by Gasteiger charge is 2.23. The molecule has 0 spiro atoms. The van der Waals surface area contributed by atoms with E-state index in [0.717, 1.165) is 5.39 Å². The van der Waals surface area contributed by atoms with E-state index in [1.807, 2.05) is 6.07 Å². The van der Waals surface area contributed by atoms with Gasteiger partial charge in [-0.1, -0.05) is 18.2 Å². The van der Waals surface area contributed by atoms with Gasteiger partial charge in [-0.15, -0.1) is 0 Å². The van der Waals surface area contributed by atoms with Gasteiger partial charge in [-0.3, -0.25) is 9.78 Å². The van der Waals surface area contributed by atoms with E-state index in [-0.39, 0.29) is 41.7 Å². The van der Waals surface area contributed by atoms with Gasteiger partial charge in [0, 0.05) is 22.7 Å². The summed E-state index contributed by atoms with van der Waals surface area (Å²) in [5.41, 5.74) is 3.05. The third-order valence-electron chi connectivity index (χ3n) is 5.83. The summed E-state index contributed by atoms with van der Waals surface area (Å²) in [7, 11) is -3.53. The Morgan fingerprint density at radius 3 is 2.81 bits per heavy atom. The van der Waals surface area contributed by atoms with Crippen LogP contribution in [0.15, 0.2) is 71.8 Å². The van der Waals surface area contributed by atoms with E-state index in [9.17, 15) is 22.0 Å². The Hall–Kier alpha value is -3.96. The van der Waals surface area contributed by atoms with E-state index in [0.29, 0.717) is 28.0 Å². The van der Waals surface area contributed by atoms with Crippen molar-refractivity contribution in [3.63, 3.8) is 0 Å². The number of hydrogen-bond acceptors (Lipinski definition) is 7. The number of carbonyl (C=O) groups excluding carboxylic acids is 1. The Labute approximate surface area is 211 Å². The largest absolute Gasteiger partial charge is 0.435 e. The molecule has 1 N–H and O–H groups in total. The minimum Gasteiger partial charge on any atom is -0.435 e. The fraction of sp³-hybridized carbons (Fsp3) is 0.192. The summed E-state index contributed by atoms with van der Waals surface area (Å²) < 4.78 is 59.9. The van der Waals surface area contributed by atoms with Crippen molar-refractivity contribution in [1.29, 1.82) is 0 Å². The number of nitrogens with zero attached hydrogens (tertiary/aromatic N) is 2. The fourth-order valence-electron chi connectivity index (χ4n) is 3.99. The summed E-state index contributed by atoms with van der Waals surface area (Å²) in [6.45, 7) is -2.55. The van der Waals surface area contributed by atoms with Crippen LogP contribution in [0.1, 0.15) is 21.6 Å². The van der Waals surface area contributed by atoms with Gasteiger partial charge in [0.15, 0.2) is 9.84 Å². The molecule has 37 heavy (non-hydrogen) atoms. The summed E-state index contributed by atoms with van der Waals surface area (Å²) in [5, 5.41) is 3.52. The van der Waals surface area contributed by atoms with Crippen LogP contribution in [-0.2, 0) is 27.7 Å². The number of aromatic nitrogens is 2. The van der Waals surface area contributed by atoms with Crippen molar-refractivity contribution in [2.45, 2.75) is 24.7 Å². The van der Waals surface area contributed by atoms with Gasteiger partial charge in [-0.25, -0.2) is 13.4 Å². The van der Waals surface area contributed by atoms with Gasteiger partial charge >= 0.3 is 6.61 Å². The maximum absolute atomic E-state index is 12.8. The average molecular weight is 526 g/mol. The maximum Gasteiger partial charge on any atom is 0.387 e. The predicted octanol–water partition coefficient (Wildman–Crippen LogP) is 4.13. The van der Waals surface area contributed by atoms with Crippen LogP contribution in [0.5, 0.6) is 5.75 Å². The summed E-state index contributed by atoms with van der Waals surface area (Å²) in [6, 6.07) is 16.1. The van der Waals surface area contributed by atoms with Gasteiger partial charge in [0.25, 0.3) is 5.91 Å². The molecule has 2 aromatic carbocycles. The molecule has 0 radical (unpaired) electrons. The second-order valence-electron chi connectivity index (χ2n) is 8.35. The molecule has 1 aliphatic rings. The van der Waals surface area contributed by atoms with Crippen molar-refractivity contribution in [3.8, 4) is 17.0 Å². The maximum atomic E-state index is 12.8. The highest BCUT2D eigenvalue weighted by Crippen LogP contribution is 2.26. The van der Waals surface area contributed by atoms with E-state index < -0.39 is 22.4 Å². The Morgan fingerprint density at radius 2 is 1.97 bits per heavy atom. The molecule has 0 atom stereocenters. The number of rotatable bonds is 6. The van der Waals surface area contributed by atoms with Crippen molar-refractivity contribution >= 4 is 26.6 Å². The second-order valence-corrected chi connectivity index (χ2v) is 10.4. The van der Waals surface area contributed by atoms with Gasteiger partial charge in [0.2, 0.25) is 0 Å². The highest BCUT2D eigenvalue weighted by molar-refractivity contribution is 7.91. The quantitative estimate of drug-likeness (QED) is 0.403. The van der Waals surface area contributed by atoms with E-state index in [2.05, 4.69) is 20.0 Å². The number of fused-ring (bicyclic) bond motifs is 2. The number of benzene rings is 2. The Bertz CT molecular complexity index is 1590. The molecule has 8 nitrogen and oxygen atoms in total. The molecule has 0 unspecified atom stereocenters. The molecule has 0 saturated carbocycles. The summed E-state index contributed by atoms with van der Waals surface area (Å²) >= 11 is 0. The normalized spacial score (nSPS) is 14.7. The van der Waals surface area contributed by atoms with Crippen molar-refractivity contribution in [1.82, 2.24) is 15.3 Å². The zero-order chi connectivity index (χ0) is 26.0. The number of carbonyl (C=O) groups is 1. The van der Waals surface area contributed by atoms with Crippen molar-refractivity contribution in [3.05, 3.63) is 83.7 Å². The van der Waals surface area contributed by atoms with E-state index in [1.165, 1.54) is 18.2 Å². The standard InChI is InChI=1S/C26H21F2N3O5S/c27-26(28)36-21-3-1-2-16(10-21)22-7-6-18-13-29-20(12-23(18)31-22)14-30-25(32)17-4-5-19-15-35-8-9-37(33,34)24(19)11-17/h1-7,10-13,26H,8-9,14-15H2,(H,30,32). The lowest BCUT2D eigenvalue weighted by Crippen LogP contribution is -2.23. The van der Waals surface area contributed by atoms with Gasteiger partial charge in [0.05, 0.1) is 47.3 Å². The van der Waals surface area contributed by atoms with Crippen molar-refractivity contribution in [2.24, 2.45) is 0 Å². The molecule has 1 amide bonds. The molecule has 4 aromatic rings. The molecular weight excluding hydrogens is 504 g/mol. The van der Waals surface area contributed by atoms with Gasteiger partial charge < -0.3 is 14.8 Å². The molecule has 0 bridgehead atoms. The first-order valence-electron chi connectivity index (χ1n) is 11.3. The van der Waals surface area contributed by atoms with Crippen LogP contribution in [0.4, 0.5) is 8.78 Å². The lowest BCUT2D eigenvalue weighted by molar-refractivity contribution is -0.0498. The van der Waals surface area contributed by atoms with Crippen LogP contribution in [0.25, 0.3) is 22.2 Å². The number of hydrogen-bond donors (Lipinski definition) is 1. The number of pyridine rings is 2. The third-order valence-corrected chi connectivity index (χ3v) is 7.59. The Kier molecular flexibility index (Phi) is 6.81. The number of ether oxygens (including phenoxy) is 2. The number of nitrogens with one attached hydrogen (secondary N) is 1. The smallest absolute Gasteiger partial charge is 0.387 e. The Balaban J connectivity index is 1.34. The van der Waals surface area contributed by atoms with Crippen LogP contribution in [-0.4, -0.2) is 43.3 Å². The second kappa shape index (κ2) is 10.2. The van der Waals surface area contributed by atoms with Gasteiger partial charge in [-0.2, -0.15) is 8.78 Å². The third kappa shape index (κ3) is 5.57. The minimum atomic E-state index is -3.53. The van der Waals surface area contributed by atoms with E-state index in [1.54, 1.807) is 42.6 Å². The molecule has 11 heteroatoms. The molecule has 3 heterocycles. The number of amides is 1. The van der Waals surface area contributed by atoms with Gasteiger partial charge in [-0.05, 0) is 48.0 Å². The van der Waals surface area contributed by atoms with Crippen LogP contribution in [0.3, 0.4) is 0 Å². The fourth-order valence-corrected chi connectivity index (χ4v) is 5.38. The van der Waals surface area contributed by atoms with Crippen molar-refractivity contribution in [2.75, 3.05) is 12.4 Å².